The van der Waals surface area contributed by atoms with E-state index >= 15 is 0 Å². The maximum absolute atomic E-state index is 5.84. The molecule has 2 heterocycles. The Labute approximate surface area is 118 Å². The Morgan fingerprint density at radius 3 is 2.83 bits per heavy atom. The van der Waals surface area contributed by atoms with Crippen molar-refractivity contribution in [2.75, 3.05) is 6.54 Å². The molecule has 1 aliphatic rings. The topological polar surface area (TPSA) is 64.9 Å². The summed E-state index contributed by atoms with van der Waals surface area (Å²) >= 11 is 5.04. The Balaban J connectivity index is 1.77. The lowest BCUT2D eigenvalue weighted by Gasteiger charge is -2.39. The van der Waals surface area contributed by atoms with Crippen LogP contribution in [0, 0.1) is 5.41 Å². The summed E-state index contributed by atoms with van der Waals surface area (Å²) in [5.41, 5.74) is 6.05. The number of hydrogen-bond acceptors (Lipinski definition) is 5. The number of nitrogens with zero attached hydrogens (tertiary/aromatic N) is 2. The van der Waals surface area contributed by atoms with Crippen LogP contribution in [-0.4, -0.2) is 16.7 Å². The summed E-state index contributed by atoms with van der Waals surface area (Å²) in [6, 6.07) is 3.98. The first kappa shape index (κ1) is 12.3. The molecule has 0 radical (unpaired) electrons. The summed E-state index contributed by atoms with van der Waals surface area (Å²) in [6.07, 6.45) is 4.41. The molecule has 0 bridgehead atoms. The second-order valence-electron chi connectivity index (χ2n) is 4.85. The first-order chi connectivity index (χ1) is 8.71. The summed E-state index contributed by atoms with van der Waals surface area (Å²) in [5, 5.41) is 4.04. The van der Waals surface area contributed by atoms with Gasteiger partial charge in [0, 0.05) is 6.42 Å². The SMILES string of the molecule is NCC1(Cc2nc(-c3ccc(Br)s3)no2)CCC1. The molecule has 0 aromatic carbocycles. The second-order valence-corrected chi connectivity index (χ2v) is 7.31. The Bertz CT molecular complexity index is 542. The van der Waals surface area contributed by atoms with Crippen LogP contribution in [0.5, 0.6) is 0 Å². The van der Waals surface area contributed by atoms with Gasteiger partial charge in [-0.3, -0.25) is 0 Å². The molecule has 6 heteroatoms. The van der Waals surface area contributed by atoms with E-state index < -0.39 is 0 Å². The van der Waals surface area contributed by atoms with Crippen molar-refractivity contribution >= 4 is 27.3 Å². The molecule has 4 nitrogen and oxygen atoms in total. The molecule has 0 aliphatic heterocycles. The molecule has 0 spiro atoms. The Morgan fingerprint density at radius 1 is 1.44 bits per heavy atom. The van der Waals surface area contributed by atoms with E-state index in [0.29, 0.717) is 18.3 Å². The summed E-state index contributed by atoms with van der Waals surface area (Å²) in [6.45, 7) is 0.704. The van der Waals surface area contributed by atoms with Crippen LogP contribution in [0.4, 0.5) is 0 Å². The van der Waals surface area contributed by atoms with Gasteiger partial charge in [0.05, 0.1) is 8.66 Å². The van der Waals surface area contributed by atoms with Gasteiger partial charge in [0.1, 0.15) is 0 Å². The van der Waals surface area contributed by atoms with Crippen molar-refractivity contribution in [1.29, 1.82) is 0 Å². The summed E-state index contributed by atoms with van der Waals surface area (Å²) in [7, 11) is 0. The van der Waals surface area contributed by atoms with E-state index in [1.54, 1.807) is 11.3 Å². The quantitative estimate of drug-likeness (QED) is 0.936. The molecular weight excluding hydrogens is 314 g/mol. The highest BCUT2D eigenvalue weighted by Crippen LogP contribution is 2.42. The van der Waals surface area contributed by atoms with Crippen molar-refractivity contribution in [2.24, 2.45) is 11.1 Å². The second kappa shape index (κ2) is 4.75. The van der Waals surface area contributed by atoms with Crippen LogP contribution in [0.1, 0.15) is 25.2 Å². The van der Waals surface area contributed by atoms with Gasteiger partial charge in [-0.2, -0.15) is 4.98 Å². The minimum Gasteiger partial charge on any atom is -0.339 e. The summed E-state index contributed by atoms with van der Waals surface area (Å²) < 4.78 is 6.41. The van der Waals surface area contributed by atoms with Gasteiger partial charge in [0.2, 0.25) is 11.7 Å². The molecule has 0 unspecified atom stereocenters. The molecule has 2 N–H and O–H groups in total. The zero-order valence-corrected chi connectivity index (χ0v) is 12.3. The maximum atomic E-state index is 5.84. The third kappa shape index (κ3) is 2.24. The lowest BCUT2D eigenvalue weighted by molar-refractivity contribution is 0.129. The highest BCUT2D eigenvalue weighted by atomic mass is 79.9. The van der Waals surface area contributed by atoms with Crippen LogP contribution in [-0.2, 0) is 6.42 Å². The fourth-order valence-electron chi connectivity index (χ4n) is 2.31. The van der Waals surface area contributed by atoms with E-state index in [0.717, 1.165) is 15.1 Å². The van der Waals surface area contributed by atoms with Gasteiger partial charge >= 0.3 is 0 Å². The zero-order chi connectivity index (χ0) is 12.6. The minimum atomic E-state index is 0.208. The third-order valence-corrected chi connectivity index (χ3v) is 5.25. The molecule has 0 amide bonds. The Kier molecular flexibility index (Phi) is 3.25. The normalized spacial score (nSPS) is 17.7. The smallest absolute Gasteiger partial charge is 0.227 e. The monoisotopic (exact) mass is 327 g/mol. The number of hydrogen-bond donors (Lipinski definition) is 1. The maximum Gasteiger partial charge on any atom is 0.227 e. The molecule has 2 aromatic rings. The van der Waals surface area contributed by atoms with Crippen LogP contribution in [0.3, 0.4) is 0 Å². The van der Waals surface area contributed by atoms with Gasteiger partial charge in [-0.15, -0.1) is 11.3 Å². The van der Waals surface area contributed by atoms with Crippen LogP contribution in [0.2, 0.25) is 0 Å². The highest BCUT2D eigenvalue weighted by molar-refractivity contribution is 9.11. The minimum absolute atomic E-state index is 0.208. The van der Waals surface area contributed by atoms with E-state index in [4.69, 9.17) is 10.3 Å². The number of halogens is 1. The van der Waals surface area contributed by atoms with Crippen molar-refractivity contribution in [2.45, 2.75) is 25.7 Å². The van der Waals surface area contributed by atoms with Gasteiger partial charge in [0.25, 0.3) is 0 Å². The van der Waals surface area contributed by atoms with Crippen molar-refractivity contribution in [3.8, 4) is 10.7 Å². The van der Waals surface area contributed by atoms with Crippen LogP contribution >= 0.6 is 27.3 Å². The van der Waals surface area contributed by atoms with Gasteiger partial charge in [0.15, 0.2) is 0 Å². The average Bonchev–Trinajstić information content (AvgIpc) is 2.92. The number of aromatic nitrogens is 2. The first-order valence-corrected chi connectivity index (χ1v) is 7.60. The van der Waals surface area contributed by atoms with E-state index in [2.05, 4.69) is 26.1 Å². The number of nitrogens with two attached hydrogens (primary N) is 1. The Morgan fingerprint density at radius 2 is 2.28 bits per heavy atom. The van der Waals surface area contributed by atoms with Gasteiger partial charge in [-0.1, -0.05) is 11.6 Å². The summed E-state index contributed by atoms with van der Waals surface area (Å²) in [4.78, 5) is 5.49. The summed E-state index contributed by atoms with van der Waals surface area (Å²) in [5.74, 6) is 1.38. The van der Waals surface area contributed by atoms with E-state index in [1.807, 2.05) is 12.1 Å². The van der Waals surface area contributed by atoms with Crippen LogP contribution < -0.4 is 5.73 Å². The van der Waals surface area contributed by atoms with Crippen molar-refractivity contribution < 1.29 is 4.52 Å². The molecule has 0 saturated heterocycles. The largest absolute Gasteiger partial charge is 0.339 e. The fourth-order valence-corrected chi connectivity index (χ4v) is 3.62. The molecule has 1 fully saturated rings. The van der Waals surface area contributed by atoms with Crippen LogP contribution in [0.25, 0.3) is 10.7 Å². The van der Waals surface area contributed by atoms with Gasteiger partial charge in [-0.25, -0.2) is 0 Å². The van der Waals surface area contributed by atoms with E-state index in [9.17, 15) is 0 Å². The van der Waals surface area contributed by atoms with E-state index in [1.165, 1.54) is 19.3 Å². The lowest BCUT2D eigenvalue weighted by atomic mass is 9.67. The molecule has 3 rings (SSSR count). The molecule has 96 valence electrons. The standard InChI is InChI=1S/C12H14BrN3OS/c13-9-3-2-8(18-9)11-15-10(17-16-11)6-12(7-14)4-1-5-12/h2-3H,1,4-7,14H2. The fraction of sp³-hybridized carbons (Fsp3) is 0.500. The van der Waals surface area contributed by atoms with Gasteiger partial charge in [-0.05, 0) is 52.9 Å². The molecule has 1 saturated carbocycles. The molecule has 1 aliphatic carbocycles. The molecule has 18 heavy (non-hydrogen) atoms. The van der Waals surface area contributed by atoms with Crippen LogP contribution in [0.15, 0.2) is 20.4 Å². The molecule has 2 aromatic heterocycles. The first-order valence-electron chi connectivity index (χ1n) is 5.99. The van der Waals surface area contributed by atoms with E-state index in [-0.39, 0.29) is 5.41 Å². The molecule has 0 atom stereocenters. The predicted molar refractivity (Wildman–Crippen MR) is 74.4 cm³/mol. The number of thiophene rings is 1. The van der Waals surface area contributed by atoms with Gasteiger partial charge < -0.3 is 10.3 Å². The van der Waals surface area contributed by atoms with Crippen molar-refractivity contribution in [3.05, 3.63) is 21.8 Å². The average molecular weight is 328 g/mol. The highest BCUT2D eigenvalue weighted by Gasteiger charge is 2.37. The third-order valence-electron chi connectivity index (χ3n) is 3.64. The zero-order valence-electron chi connectivity index (χ0n) is 9.86. The predicted octanol–water partition coefficient (Wildman–Crippen LogP) is 3.23. The Hall–Kier alpha value is -0.720. The molecular formula is C12H14BrN3OS. The number of rotatable bonds is 4. The van der Waals surface area contributed by atoms with Crippen molar-refractivity contribution in [3.63, 3.8) is 0 Å². The van der Waals surface area contributed by atoms with Crippen molar-refractivity contribution in [1.82, 2.24) is 10.1 Å². The lowest BCUT2D eigenvalue weighted by Crippen LogP contribution is -2.39.